The third kappa shape index (κ3) is 2.15. The van der Waals surface area contributed by atoms with Crippen molar-refractivity contribution in [3.63, 3.8) is 0 Å². The van der Waals surface area contributed by atoms with Crippen LogP contribution >= 0.6 is 0 Å². The quantitative estimate of drug-likeness (QED) is 0.638. The molecule has 80 valence electrons. The maximum absolute atomic E-state index is 11.7. The van der Waals surface area contributed by atoms with Crippen LogP contribution in [0.4, 0.5) is 0 Å². The molecule has 1 heterocycles. The topological polar surface area (TPSA) is 29.5 Å². The summed E-state index contributed by atoms with van der Waals surface area (Å²) in [5.41, 5.74) is -0.205. The number of carbonyl (C=O) groups excluding carboxylic acids is 1. The standard InChI is InChI=1S/C11H19NO2/c1-5-9-6-10(13)12(7-9)11(2,3)8-14-4/h5,9H,1,6-8H2,2-4H3. The van der Waals surface area contributed by atoms with Gasteiger partial charge >= 0.3 is 0 Å². The van der Waals surface area contributed by atoms with Crippen LogP contribution in [0.3, 0.4) is 0 Å². The highest BCUT2D eigenvalue weighted by Crippen LogP contribution is 2.26. The summed E-state index contributed by atoms with van der Waals surface area (Å²) >= 11 is 0. The lowest BCUT2D eigenvalue weighted by Crippen LogP contribution is -2.48. The normalized spacial score (nSPS) is 22.9. The van der Waals surface area contributed by atoms with E-state index in [0.717, 1.165) is 6.54 Å². The molecule has 14 heavy (non-hydrogen) atoms. The zero-order valence-electron chi connectivity index (χ0n) is 9.25. The maximum atomic E-state index is 11.7. The van der Waals surface area contributed by atoms with E-state index in [0.29, 0.717) is 18.9 Å². The minimum Gasteiger partial charge on any atom is -0.382 e. The number of hydrogen-bond acceptors (Lipinski definition) is 2. The molecule has 3 nitrogen and oxygen atoms in total. The van der Waals surface area contributed by atoms with E-state index >= 15 is 0 Å². The summed E-state index contributed by atoms with van der Waals surface area (Å²) in [6.45, 7) is 9.13. The maximum Gasteiger partial charge on any atom is 0.223 e. The van der Waals surface area contributed by atoms with Gasteiger partial charge in [0.15, 0.2) is 0 Å². The summed E-state index contributed by atoms with van der Waals surface area (Å²) in [6.07, 6.45) is 2.46. The molecule has 0 radical (unpaired) electrons. The molecule has 1 rings (SSSR count). The summed E-state index contributed by atoms with van der Waals surface area (Å²) in [6, 6.07) is 0. The number of rotatable bonds is 4. The zero-order valence-corrected chi connectivity index (χ0v) is 9.25. The van der Waals surface area contributed by atoms with Crippen LogP contribution in [0.1, 0.15) is 20.3 Å². The van der Waals surface area contributed by atoms with Crippen LogP contribution in [-0.2, 0) is 9.53 Å². The van der Waals surface area contributed by atoms with Crippen LogP contribution in [0.2, 0.25) is 0 Å². The number of hydrogen-bond donors (Lipinski definition) is 0. The van der Waals surface area contributed by atoms with Crippen molar-refractivity contribution in [1.82, 2.24) is 4.90 Å². The first kappa shape index (κ1) is 11.2. The molecule has 1 saturated heterocycles. The third-order valence-electron chi connectivity index (χ3n) is 2.72. The summed E-state index contributed by atoms with van der Waals surface area (Å²) in [4.78, 5) is 13.6. The summed E-state index contributed by atoms with van der Waals surface area (Å²) < 4.78 is 5.12. The minimum absolute atomic E-state index is 0.205. The van der Waals surface area contributed by atoms with Gasteiger partial charge in [0.1, 0.15) is 0 Å². The Morgan fingerprint density at radius 3 is 2.79 bits per heavy atom. The van der Waals surface area contributed by atoms with E-state index in [1.165, 1.54) is 0 Å². The first-order valence-electron chi connectivity index (χ1n) is 4.93. The predicted octanol–water partition coefficient (Wildman–Crippen LogP) is 1.45. The van der Waals surface area contributed by atoms with Crippen LogP contribution in [-0.4, -0.2) is 36.6 Å². The van der Waals surface area contributed by atoms with Gasteiger partial charge in [-0.25, -0.2) is 0 Å². The summed E-state index contributed by atoms with van der Waals surface area (Å²) in [5.74, 6) is 0.510. The molecule has 0 bridgehead atoms. The van der Waals surface area contributed by atoms with Crippen molar-refractivity contribution in [2.24, 2.45) is 5.92 Å². The van der Waals surface area contributed by atoms with Gasteiger partial charge in [-0.3, -0.25) is 4.79 Å². The number of ether oxygens (including phenoxy) is 1. The average Bonchev–Trinajstić information content (AvgIpc) is 2.47. The van der Waals surface area contributed by atoms with Gasteiger partial charge in [-0.1, -0.05) is 6.08 Å². The van der Waals surface area contributed by atoms with Crippen molar-refractivity contribution >= 4 is 5.91 Å². The molecule has 1 fully saturated rings. The molecule has 1 unspecified atom stereocenters. The molecular formula is C11H19NO2. The highest BCUT2D eigenvalue weighted by atomic mass is 16.5. The Labute approximate surface area is 85.7 Å². The van der Waals surface area contributed by atoms with Crippen LogP contribution in [0, 0.1) is 5.92 Å². The molecule has 1 aliphatic rings. The fourth-order valence-corrected chi connectivity index (χ4v) is 1.91. The van der Waals surface area contributed by atoms with Gasteiger partial charge in [-0.2, -0.15) is 0 Å². The van der Waals surface area contributed by atoms with Gasteiger partial charge in [0.2, 0.25) is 5.91 Å². The fraction of sp³-hybridized carbons (Fsp3) is 0.727. The molecule has 0 aliphatic carbocycles. The zero-order chi connectivity index (χ0) is 10.8. The monoisotopic (exact) mass is 197 g/mol. The molecule has 0 aromatic carbocycles. The van der Waals surface area contributed by atoms with Gasteiger partial charge in [-0.05, 0) is 13.8 Å². The Hall–Kier alpha value is -0.830. The van der Waals surface area contributed by atoms with E-state index in [4.69, 9.17) is 4.74 Å². The lowest BCUT2D eigenvalue weighted by atomic mass is 10.0. The largest absolute Gasteiger partial charge is 0.382 e. The molecule has 0 aromatic rings. The second-order valence-electron chi connectivity index (χ2n) is 4.45. The molecular weight excluding hydrogens is 178 g/mol. The highest BCUT2D eigenvalue weighted by Gasteiger charge is 2.37. The van der Waals surface area contributed by atoms with Gasteiger partial charge in [0.05, 0.1) is 12.1 Å². The van der Waals surface area contributed by atoms with Crippen molar-refractivity contribution < 1.29 is 9.53 Å². The number of carbonyl (C=O) groups is 1. The second-order valence-corrected chi connectivity index (χ2v) is 4.45. The first-order chi connectivity index (χ1) is 6.51. The Kier molecular flexibility index (Phi) is 3.32. The van der Waals surface area contributed by atoms with E-state index < -0.39 is 0 Å². The van der Waals surface area contributed by atoms with Crippen LogP contribution in [0.5, 0.6) is 0 Å². The number of methoxy groups -OCH3 is 1. The Morgan fingerprint density at radius 2 is 2.36 bits per heavy atom. The summed E-state index contributed by atoms with van der Waals surface area (Å²) in [5, 5.41) is 0. The molecule has 1 aliphatic heterocycles. The number of amides is 1. The Balaban J connectivity index is 2.69. The van der Waals surface area contributed by atoms with Crippen molar-refractivity contribution in [1.29, 1.82) is 0 Å². The van der Waals surface area contributed by atoms with Gasteiger partial charge in [-0.15, -0.1) is 6.58 Å². The SMILES string of the molecule is C=CC1CC(=O)N(C(C)(C)COC)C1. The number of likely N-dealkylation sites (tertiary alicyclic amines) is 1. The first-order valence-corrected chi connectivity index (χ1v) is 4.93. The molecule has 0 N–H and O–H groups in total. The summed E-state index contributed by atoms with van der Waals surface area (Å²) in [7, 11) is 1.66. The fourth-order valence-electron chi connectivity index (χ4n) is 1.91. The lowest BCUT2D eigenvalue weighted by molar-refractivity contribution is -0.133. The Bertz CT molecular complexity index is 235. The average molecular weight is 197 g/mol. The molecule has 1 amide bonds. The molecule has 0 aromatic heterocycles. The third-order valence-corrected chi connectivity index (χ3v) is 2.72. The molecule has 1 atom stereocenters. The smallest absolute Gasteiger partial charge is 0.223 e. The predicted molar refractivity (Wildman–Crippen MR) is 56.0 cm³/mol. The van der Waals surface area contributed by atoms with E-state index in [1.807, 2.05) is 24.8 Å². The second kappa shape index (κ2) is 4.13. The Morgan fingerprint density at radius 1 is 1.71 bits per heavy atom. The highest BCUT2D eigenvalue weighted by molar-refractivity contribution is 5.79. The molecule has 0 saturated carbocycles. The van der Waals surface area contributed by atoms with Gasteiger partial charge in [0, 0.05) is 26.0 Å². The minimum atomic E-state index is -0.205. The van der Waals surface area contributed by atoms with Crippen molar-refractivity contribution in [2.75, 3.05) is 20.3 Å². The van der Waals surface area contributed by atoms with Crippen LogP contribution in [0.25, 0.3) is 0 Å². The van der Waals surface area contributed by atoms with E-state index in [1.54, 1.807) is 7.11 Å². The number of nitrogens with zero attached hydrogens (tertiary/aromatic N) is 1. The lowest BCUT2D eigenvalue weighted by Gasteiger charge is -2.35. The van der Waals surface area contributed by atoms with Crippen molar-refractivity contribution in [3.05, 3.63) is 12.7 Å². The van der Waals surface area contributed by atoms with Crippen molar-refractivity contribution in [2.45, 2.75) is 25.8 Å². The molecule has 3 heteroatoms. The molecule has 0 spiro atoms. The van der Waals surface area contributed by atoms with Gasteiger partial charge in [0.25, 0.3) is 0 Å². The van der Waals surface area contributed by atoms with E-state index in [2.05, 4.69) is 6.58 Å². The van der Waals surface area contributed by atoms with E-state index in [-0.39, 0.29) is 11.4 Å². The van der Waals surface area contributed by atoms with Crippen molar-refractivity contribution in [3.8, 4) is 0 Å². The van der Waals surface area contributed by atoms with Crippen LogP contribution < -0.4 is 0 Å². The van der Waals surface area contributed by atoms with Gasteiger partial charge < -0.3 is 9.64 Å². The van der Waals surface area contributed by atoms with Crippen LogP contribution in [0.15, 0.2) is 12.7 Å². The van der Waals surface area contributed by atoms with E-state index in [9.17, 15) is 4.79 Å².